The van der Waals surface area contributed by atoms with E-state index in [2.05, 4.69) is 10.6 Å². The summed E-state index contributed by atoms with van der Waals surface area (Å²) in [6.45, 7) is 4.53. The van der Waals surface area contributed by atoms with Gasteiger partial charge in [-0.25, -0.2) is 0 Å². The van der Waals surface area contributed by atoms with Crippen molar-refractivity contribution in [1.29, 1.82) is 0 Å². The molecule has 4 saturated carbocycles. The van der Waals surface area contributed by atoms with Crippen molar-refractivity contribution in [3.05, 3.63) is 106 Å². The lowest BCUT2D eigenvalue weighted by atomic mass is 9.93. The highest BCUT2D eigenvalue weighted by atomic mass is 16.5. The zero-order valence-corrected chi connectivity index (χ0v) is 36.3. The van der Waals surface area contributed by atoms with Gasteiger partial charge in [-0.3, -0.25) is 19.0 Å². The quantitative estimate of drug-likeness (QED) is 0.0732. The van der Waals surface area contributed by atoms with E-state index in [1.54, 1.807) is 38.1 Å². The van der Waals surface area contributed by atoms with Crippen molar-refractivity contribution in [3.63, 3.8) is 0 Å². The van der Waals surface area contributed by atoms with E-state index in [0.29, 0.717) is 68.8 Å². The molecule has 16 heteroatoms. The van der Waals surface area contributed by atoms with Crippen LogP contribution in [0.5, 0.6) is 11.5 Å². The molecule has 336 valence electrons. The molecule has 16 nitrogen and oxygen atoms in total. The number of carbonyl (C=O) groups excluding carboxylic acids is 2. The van der Waals surface area contributed by atoms with Gasteiger partial charge < -0.3 is 40.7 Å². The molecule has 4 fully saturated rings. The summed E-state index contributed by atoms with van der Waals surface area (Å²) < 4.78 is 17.3. The van der Waals surface area contributed by atoms with Gasteiger partial charge in [0.05, 0.1) is 59.9 Å². The van der Waals surface area contributed by atoms with Crippen molar-refractivity contribution in [2.45, 2.75) is 115 Å². The Labute approximate surface area is 371 Å². The molecular formula is C48H56N8O8. The first-order valence-electron chi connectivity index (χ1n) is 22.6. The molecule has 6 aromatic rings. The first kappa shape index (κ1) is 43.0. The number of aliphatic hydroxyl groups excluding tert-OH is 2. The van der Waals surface area contributed by atoms with Crippen LogP contribution in [0.3, 0.4) is 0 Å². The number of nitrogens with zero attached hydrogens (tertiary/aromatic N) is 6. The number of aliphatic hydroxyl groups is 2. The number of rotatable bonds is 12. The van der Waals surface area contributed by atoms with Crippen LogP contribution in [0.25, 0.3) is 21.8 Å². The standard InChI is InChI=1S/2C24H28N4O4/c2*1-15-3-2-4-22(28(15)31)24(30)25-21-11-17-13-27(18-7-9-19(29)10-8-18)26-20(17)12-23(21)32-14-16-5-6-16/h2*2-4,11-13,16,18-19,29H,5-10,14H2,1H3,(H,25,30). The maximum atomic E-state index is 12.9. The van der Waals surface area contributed by atoms with Crippen molar-refractivity contribution in [2.24, 2.45) is 11.8 Å². The third kappa shape index (κ3) is 9.92. The lowest BCUT2D eigenvalue weighted by Crippen LogP contribution is -2.39. The van der Waals surface area contributed by atoms with E-state index in [4.69, 9.17) is 19.7 Å². The Morgan fingerprint density at radius 2 is 1.02 bits per heavy atom. The summed E-state index contributed by atoms with van der Waals surface area (Å²) in [6, 6.07) is 17.7. The Balaban J connectivity index is 0.000000162. The molecular weight excluding hydrogens is 817 g/mol. The van der Waals surface area contributed by atoms with Gasteiger partial charge in [0.2, 0.25) is 0 Å². The van der Waals surface area contributed by atoms with Crippen molar-refractivity contribution >= 4 is 45.0 Å². The molecule has 0 radical (unpaired) electrons. The summed E-state index contributed by atoms with van der Waals surface area (Å²) in [7, 11) is 0. The van der Waals surface area contributed by atoms with Crippen LogP contribution in [-0.4, -0.2) is 67.0 Å². The van der Waals surface area contributed by atoms with Gasteiger partial charge in [0.1, 0.15) is 11.5 Å². The fourth-order valence-corrected chi connectivity index (χ4v) is 8.50. The molecule has 4 aliphatic rings. The Bertz CT molecular complexity index is 2470. The Morgan fingerprint density at radius 3 is 1.39 bits per heavy atom. The maximum Gasteiger partial charge on any atom is 0.321 e. The molecule has 0 unspecified atom stereocenters. The highest BCUT2D eigenvalue weighted by molar-refractivity contribution is 6.05. The van der Waals surface area contributed by atoms with Gasteiger partial charge in [0, 0.05) is 73.4 Å². The largest absolute Gasteiger partial charge is 0.618 e. The van der Waals surface area contributed by atoms with E-state index in [1.165, 1.54) is 12.1 Å². The number of nitrogens with one attached hydrogen (secondary N) is 2. The second kappa shape index (κ2) is 18.5. The molecule has 10 rings (SSSR count). The number of carbonyl (C=O) groups is 2. The van der Waals surface area contributed by atoms with Crippen LogP contribution in [0.15, 0.2) is 73.1 Å². The van der Waals surface area contributed by atoms with Crippen LogP contribution < -0.4 is 29.6 Å². The van der Waals surface area contributed by atoms with Gasteiger partial charge in [-0.15, -0.1) is 0 Å². The van der Waals surface area contributed by atoms with E-state index >= 15 is 0 Å². The molecule has 4 heterocycles. The first-order valence-corrected chi connectivity index (χ1v) is 22.6. The third-order valence-corrected chi connectivity index (χ3v) is 12.9. The maximum absolute atomic E-state index is 12.9. The van der Waals surface area contributed by atoms with Crippen molar-refractivity contribution in [3.8, 4) is 11.5 Å². The smallest absolute Gasteiger partial charge is 0.321 e. The predicted octanol–water partition coefficient (Wildman–Crippen LogP) is 6.99. The van der Waals surface area contributed by atoms with E-state index in [9.17, 15) is 30.2 Å². The number of pyridine rings is 2. The SMILES string of the molecule is Cc1cccc(C(=O)Nc2cc3cn(C4CCC(O)CC4)nc3cc2OCC2CC2)[n+]1[O-].Cc1cccc(C(=O)Nc2cc3cn(C4CCC(O)CC4)nc3cc2OCC2CC2)[n+]1[O-]. The van der Waals surface area contributed by atoms with Gasteiger partial charge in [-0.2, -0.15) is 19.7 Å². The van der Waals surface area contributed by atoms with E-state index < -0.39 is 11.8 Å². The summed E-state index contributed by atoms with van der Waals surface area (Å²) in [5.41, 5.74) is 3.65. The van der Waals surface area contributed by atoms with E-state index in [-0.39, 0.29) is 35.7 Å². The van der Waals surface area contributed by atoms with Gasteiger partial charge in [0.15, 0.2) is 11.4 Å². The molecule has 2 aromatic carbocycles. The average molecular weight is 873 g/mol. The second-order valence-electron chi connectivity index (χ2n) is 18.1. The number of anilines is 2. The molecule has 4 N–H and O–H groups in total. The molecule has 0 saturated heterocycles. The number of fused-ring (bicyclic) bond motifs is 2. The number of benzene rings is 2. The summed E-state index contributed by atoms with van der Waals surface area (Å²) in [6.07, 6.45) is 14.9. The van der Waals surface area contributed by atoms with E-state index in [1.807, 2.05) is 46.0 Å². The van der Waals surface area contributed by atoms with Crippen molar-refractivity contribution in [1.82, 2.24) is 19.6 Å². The molecule has 4 aliphatic carbocycles. The minimum Gasteiger partial charge on any atom is -0.618 e. The van der Waals surface area contributed by atoms with Crippen molar-refractivity contribution in [2.75, 3.05) is 23.8 Å². The number of hydrogen-bond donors (Lipinski definition) is 4. The van der Waals surface area contributed by atoms with Gasteiger partial charge in [0.25, 0.3) is 11.4 Å². The van der Waals surface area contributed by atoms with Crippen LogP contribution in [0.4, 0.5) is 11.4 Å². The van der Waals surface area contributed by atoms with Gasteiger partial charge in [-0.1, -0.05) is 0 Å². The van der Waals surface area contributed by atoms with Crippen LogP contribution in [0, 0.1) is 36.1 Å². The second-order valence-corrected chi connectivity index (χ2v) is 18.1. The van der Waals surface area contributed by atoms with Crippen molar-refractivity contribution < 1.29 is 38.7 Å². The van der Waals surface area contributed by atoms with Gasteiger partial charge >= 0.3 is 11.8 Å². The summed E-state index contributed by atoms with van der Waals surface area (Å²) >= 11 is 0. The zero-order valence-electron chi connectivity index (χ0n) is 36.3. The molecule has 64 heavy (non-hydrogen) atoms. The number of aromatic nitrogens is 6. The molecule has 2 amide bonds. The number of aryl methyl sites for hydroxylation is 2. The molecule has 0 aliphatic heterocycles. The number of hydrogen-bond acceptors (Lipinski definition) is 10. The van der Waals surface area contributed by atoms with Crippen LogP contribution in [0.2, 0.25) is 0 Å². The summed E-state index contributed by atoms with van der Waals surface area (Å²) in [4.78, 5) is 25.8. The summed E-state index contributed by atoms with van der Waals surface area (Å²) in [5, 5.41) is 61.3. The first-order chi connectivity index (χ1) is 30.9. The van der Waals surface area contributed by atoms with Crippen LogP contribution in [-0.2, 0) is 0 Å². The highest BCUT2D eigenvalue weighted by Gasteiger charge is 2.28. The Kier molecular flexibility index (Phi) is 12.4. The molecule has 4 aromatic heterocycles. The lowest BCUT2D eigenvalue weighted by molar-refractivity contribution is -0.614. The average Bonchev–Trinajstić information content (AvgIpc) is 4.22. The van der Waals surface area contributed by atoms with Gasteiger partial charge in [-0.05, 0) is 113 Å². The zero-order chi connectivity index (χ0) is 44.5. The fraction of sp³-hybridized carbons (Fsp3) is 0.458. The number of amides is 2. The number of ether oxygens (including phenoxy) is 2. The topological polar surface area (TPSA) is 207 Å². The fourth-order valence-electron chi connectivity index (χ4n) is 8.50. The minimum atomic E-state index is -0.479. The summed E-state index contributed by atoms with van der Waals surface area (Å²) in [5.74, 6) is 1.28. The van der Waals surface area contributed by atoms with Crippen LogP contribution >= 0.6 is 0 Å². The monoisotopic (exact) mass is 872 g/mol. The minimum absolute atomic E-state index is 0.0368. The highest BCUT2D eigenvalue weighted by Crippen LogP contribution is 2.38. The van der Waals surface area contributed by atoms with Crippen LogP contribution in [0.1, 0.15) is 121 Å². The lowest BCUT2D eigenvalue weighted by Gasteiger charge is -2.25. The molecule has 0 atom stereocenters. The normalized spacial score (nSPS) is 20.9. The predicted molar refractivity (Wildman–Crippen MR) is 239 cm³/mol. The Hall–Kier alpha value is -6.26. The molecule has 0 spiro atoms. The third-order valence-electron chi connectivity index (χ3n) is 12.9. The Morgan fingerprint density at radius 1 is 0.625 bits per heavy atom. The van der Waals surface area contributed by atoms with E-state index in [0.717, 1.165) is 98.9 Å². The molecule has 0 bridgehead atoms.